The summed E-state index contributed by atoms with van der Waals surface area (Å²) in [6.07, 6.45) is 0. The Kier molecular flexibility index (Phi) is 2.94. The molecule has 1 fully saturated rings. The van der Waals surface area contributed by atoms with Crippen LogP contribution in [0.2, 0.25) is 0 Å². The molecule has 0 saturated carbocycles. The largest absolute Gasteiger partial charge is 0.506 e. The lowest BCUT2D eigenvalue weighted by Gasteiger charge is -2.21. The molecule has 6 heteroatoms. The van der Waals surface area contributed by atoms with E-state index in [1.807, 2.05) is 12.1 Å². The number of phenolic OH excluding ortho intramolecular Hbond substituents is 1. The number of aromatic nitrogens is 1. The van der Waals surface area contributed by atoms with E-state index in [1.54, 1.807) is 34.9 Å². The van der Waals surface area contributed by atoms with Crippen molar-refractivity contribution in [3.05, 3.63) is 30.3 Å². The topological polar surface area (TPSA) is 73.7 Å². The van der Waals surface area contributed by atoms with Gasteiger partial charge in [0.15, 0.2) is 0 Å². The third kappa shape index (κ3) is 2.08. The van der Waals surface area contributed by atoms with Gasteiger partial charge in [-0.05, 0) is 18.2 Å². The van der Waals surface area contributed by atoms with Gasteiger partial charge in [0, 0.05) is 11.1 Å². The van der Waals surface area contributed by atoms with E-state index < -0.39 is 12.0 Å². The summed E-state index contributed by atoms with van der Waals surface area (Å²) < 4.78 is 0. The number of carboxylic acid groups (broad SMARTS) is 1. The van der Waals surface area contributed by atoms with Crippen LogP contribution in [0.5, 0.6) is 5.75 Å². The zero-order valence-electron chi connectivity index (χ0n) is 9.98. The highest BCUT2D eigenvalue weighted by atomic mass is 32.2. The molecule has 0 amide bonds. The minimum Gasteiger partial charge on any atom is -0.506 e. The summed E-state index contributed by atoms with van der Waals surface area (Å²) in [5.74, 6) is 1.01. The van der Waals surface area contributed by atoms with Gasteiger partial charge in [0.25, 0.3) is 0 Å². The molecule has 1 aromatic heterocycles. The summed E-state index contributed by atoms with van der Waals surface area (Å²) in [6, 6.07) is 8.28. The van der Waals surface area contributed by atoms with Crippen molar-refractivity contribution in [1.82, 2.24) is 4.98 Å². The van der Waals surface area contributed by atoms with E-state index in [1.165, 1.54) is 0 Å². The first-order chi connectivity index (χ1) is 9.16. The molecule has 1 saturated heterocycles. The van der Waals surface area contributed by atoms with Crippen LogP contribution in [0, 0.1) is 0 Å². The van der Waals surface area contributed by atoms with Crippen LogP contribution in [0.1, 0.15) is 0 Å². The number of carbonyl (C=O) groups is 1. The quantitative estimate of drug-likeness (QED) is 0.872. The average Bonchev–Trinajstić information content (AvgIpc) is 2.88. The van der Waals surface area contributed by atoms with Crippen LogP contribution in [0.15, 0.2) is 30.3 Å². The maximum atomic E-state index is 11.2. The average molecular weight is 276 g/mol. The van der Waals surface area contributed by atoms with Crippen LogP contribution in [0.25, 0.3) is 10.9 Å². The first-order valence-electron chi connectivity index (χ1n) is 5.83. The molecule has 0 spiro atoms. The molecular weight excluding hydrogens is 264 g/mol. The summed E-state index contributed by atoms with van der Waals surface area (Å²) in [4.78, 5) is 17.3. The van der Waals surface area contributed by atoms with E-state index in [0.717, 1.165) is 5.39 Å². The number of nitrogens with zero attached hydrogens (tertiary/aromatic N) is 2. The second kappa shape index (κ2) is 4.62. The number of anilines is 1. The summed E-state index contributed by atoms with van der Waals surface area (Å²) in [5.41, 5.74) is 0.501. The predicted molar refractivity (Wildman–Crippen MR) is 74.6 cm³/mol. The van der Waals surface area contributed by atoms with Crippen molar-refractivity contribution in [3.8, 4) is 5.75 Å². The number of aromatic hydroxyl groups is 1. The number of pyridine rings is 1. The molecule has 0 radical (unpaired) electrons. The van der Waals surface area contributed by atoms with E-state index in [2.05, 4.69) is 4.98 Å². The van der Waals surface area contributed by atoms with Crippen molar-refractivity contribution in [1.29, 1.82) is 0 Å². The Morgan fingerprint density at radius 3 is 3.00 bits per heavy atom. The van der Waals surface area contributed by atoms with Crippen LogP contribution < -0.4 is 4.90 Å². The SMILES string of the molecule is O=C(O)C1CSCN1c1ccc2cccc(O)c2n1. The molecule has 3 rings (SSSR count). The number of rotatable bonds is 2. The van der Waals surface area contributed by atoms with Crippen molar-refractivity contribution in [2.75, 3.05) is 16.5 Å². The summed E-state index contributed by atoms with van der Waals surface area (Å²) in [5, 5.41) is 19.8. The molecule has 98 valence electrons. The zero-order valence-corrected chi connectivity index (χ0v) is 10.8. The third-order valence-corrected chi connectivity index (χ3v) is 4.16. The van der Waals surface area contributed by atoms with Crippen LogP contribution >= 0.6 is 11.8 Å². The van der Waals surface area contributed by atoms with Crippen molar-refractivity contribution in [3.63, 3.8) is 0 Å². The molecule has 2 N–H and O–H groups in total. The van der Waals surface area contributed by atoms with Crippen LogP contribution in [0.3, 0.4) is 0 Å². The minimum atomic E-state index is -0.843. The maximum absolute atomic E-state index is 11.2. The second-order valence-electron chi connectivity index (χ2n) is 4.34. The van der Waals surface area contributed by atoms with E-state index in [0.29, 0.717) is 23.0 Å². The maximum Gasteiger partial charge on any atom is 0.327 e. The summed E-state index contributed by atoms with van der Waals surface area (Å²) in [6.45, 7) is 0. The zero-order chi connectivity index (χ0) is 13.4. The Morgan fingerprint density at radius 2 is 2.21 bits per heavy atom. The molecule has 2 heterocycles. The fourth-order valence-corrected chi connectivity index (χ4v) is 3.31. The monoisotopic (exact) mass is 276 g/mol. The van der Waals surface area contributed by atoms with Crippen molar-refractivity contribution >= 4 is 34.5 Å². The first kappa shape index (κ1) is 12.1. The minimum absolute atomic E-state index is 0.109. The molecular formula is C13H12N2O3S. The van der Waals surface area contributed by atoms with Gasteiger partial charge in [-0.1, -0.05) is 12.1 Å². The number of phenols is 1. The third-order valence-electron chi connectivity index (χ3n) is 3.15. The Labute approximate surface area is 113 Å². The van der Waals surface area contributed by atoms with Gasteiger partial charge in [0.2, 0.25) is 0 Å². The molecule has 5 nitrogen and oxygen atoms in total. The lowest BCUT2D eigenvalue weighted by atomic mass is 10.2. The van der Waals surface area contributed by atoms with Crippen LogP contribution in [-0.2, 0) is 4.79 Å². The molecule has 19 heavy (non-hydrogen) atoms. The highest BCUT2D eigenvalue weighted by molar-refractivity contribution is 7.99. The highest BCUT2D eigenvalue weighted by Crippen LogP contribution is 2.30. The molecule has 1 aromatic carbocycles. The number of hydrogen-bond acceptors (Lipinski definition) is 5. The fraction of sp³-hybridized carbons (Fsp3) is 0.231. The standard InChI is InChI=1S/C13H12N2O3S/c16-10-3-1-2-8-4-5-11(14-12(8)10)15-7-19-6-9(15)13(17)18/h1-5,9,16H,6-7H2,(H,17,18). The van der Waals surface area contributed by atoms with Crippen LogP contribution in [0.4, 0.5) is 5.82 Å². The van der Waals surface area contributed by atoms with Crippen LogP contribution in [-0.4, -0.2) is 38.8 Å². The molecule has 0 aliphatic carbocycles. The normalized spacial score (nSPS) is 18.9. The van der Waals surface area contributed by atoms with Gasteiger partial charge in [-0.15, -0.1) is 11.8 Å². The Morgan fingerprint density at radius 1 is 1.37 bits per heavy atom. The number of hydrogen-bond donors (Lipinski definition) is 2. The van der Waals surface area contributed by atoms with E-state index in [9.17, 15) is 15.0 Å². The van der Waals surface area contributed by atoms with Gasteiger partial charge in [0.1, 0.15) is 23.1 Å². The molecule has 1 aliphatic rings. The number of thioether (sulfide) groups is 1. The molecule has 1 unspecified atom stereocenters. The van der Waals surface area contributed by atoms with Crippen molar-refractivity contribution in [2.24, 2.45) is 0 Å². The van der Waals surface area contributed by atoms with Crippen molar-refractivity contribution in [2.45, 2.75) is 6.04 Å². The Hall–Kier alpha value is -1.95. The Balaban J connectivity index is 2.06. The number of benzene rings is 1. The van der Waals surface area contributed by atoms with Gasteiger partial charge in [0.05, 0.1) is 5.88 Å². The van der Waals surface area contributed by atoms with E-state index in [-0.39, 0.29) is 5.75 Å². The van der Waals surface area contributed by atoms with Crippen molar-refractivity contribution < 1.29 is 15.0 Å². The lowest BCUT2D eigenvalue weighted by molar-refractivity contribution is -0.137. The fourth-order valence-electron chi connectivity index (χ4n) is 2.15. The lowest BCUT2D eigenvalue weighted by Crippen LogP contribution is -2.38. The van der Waals surface area contributed by atoms with Gasteiger partial charge < -0.3 is 15.1 Å². The van der Waals surface area contributed by atoms with Gasteiger partial charge in [-0.3, -0.25) is 0 Å². The van der Waals surface area contributed by atoms with E-state index >= 15 is 0 Å². The van der Waals surface area contributed by atoms with Gasteiger partial charge >= 0.3 is 5.97 Å². The first-order valence-corrected chi connectivity index (χ1v) is 6.98. The molecule has 2 aromatic rings. The molecule has 0 bridgehead atoms. The molecule has 1 aliphatic heterocycles. The Bertz CT molecular complexity index is 647. The molecule has 1 atom stereocenters. The van der Waals surface area contributed by atoms with Gasteiger partial charge in [-0.2, -0.15) is 0 Å². The number of para-hydroxylation sites is 1. The van der Waals surface area contributed by atoms with Gasteiger partial charge in [-0.25, -0.2) is 9.78 Å². The second-order valence-corrected chi connectivity index (χ2v) is 5.34. The summed E-state index contributed by atoms with van der Waals surface area (Å²) in [7, 11) is 0. The number of fused-ring (bicyclic) bond motifs is 1. The number of aliphatic carboxylic acids is 1. The smallest absolute Gasteiger partial charge is 0.327 e. The highest BCUT2D eigenvalue weighted by Gasteiger charge is 2.32. The van der Waals surface area contributed by atoms with E-state index in [4.69, 9.17) is 0 Å². The predicted octanol–water partition coefficient (Wildman–Crippen LogP) is 1.90. The number of carboxylic acids is 1. The summed E-state index contributed by atoms with van der Waals surface area (Å²) >= 11 is 1.57.